The Bertz CT molecular complexity index is 393. The Hall–Kier alpha value is -1.65. The van der Waals surface area contributed by atoms with Crippen LogP contribution >= 0.6 is 0 Å². The highest BCUT2D eigenvalue weighted by atomic mass is 19.4. The second-order valence-corrected chi connectivity index (χ2v) is 3.59. The van der Waals surface area contributed by atoms with E-state index in [4.69, 9.17) is 4.74 Å². The van der Waals surface area contributed by atoms with E-state index < -0.39 is 6.36 Å². The largest absolute Gasteiger partial charge is 0.573 e. The van der Waals surface area contributed by atoms with Crippen molar-refractivity contribution in [2.45, 2.75) is 20.2 Å². The minimum atomic E-state index is -4.71. The van der Waals surface area contributed by atoms with Crippen LogP contribution in [0.25, 0.3) is 0 Å². The quantitative estimate of drug-likeness (QED) is 0.749. The average molecular weight is 246 g/mol. The molecule has 0 aliphatic heterocycles. The molecule has 0 saturated carbocycles. The molecule has 2 nitrogen and oxygen atoms in total. The van der Waals surface area contributed by atoms with E-state index >= 15 is 0 Å². The van der Waals surface area contributed by atoms with Crippen molar-refractivity contribution in [1.82, 2.24) is 0 Å². The van der Waals surface area contributed by atoms with E-state index in [2.05, 4.69) is 4.74 Å². The minimum absolute atomic E-state index is 0.0716. The molecule has 0 N–H and O–H groups in total. The van der Waals surface area contributed by atoms with Crippen molar-refractivity contribution in [2.24, 2.45) is 0 Å². The van der Waals surface area contributed by atoms with Crippen LogP contribution in [0.5, 0.6) is 11.5 Å². The van der Waals surface area contributed by atoms with Crippen molar-refractivity contribution in [3.8, 4) is 11.5 Å². The van der Waals surface area contributed by atoms with Crippen LogP contribution in [0.3, 0.4) is 0 Å². The van der Waals surface area contributed by atoms with Crippen LogP contribution in [0.4, 0.5) is 13.2 Å². The van der Waals surface area contributed by atoms with Crippen LogP contribution in [-0.2, 0) is 0 Å². The second kappa shape index (κ2) is 5.61. The maximum Gasteiger partial charge on any atom is 0.573 e. The van der Waals surface area contributed by atoms with Crippen LogP contribution in [0.2, 0.25) is 0 Å². The molecule has 0 spiro atoms. The molecule has 0 atom stereocenters. The molecule has 0 saturated heterocycles. The van der Waals surface area contributed by atoms with E-state index in [9.17, 15) is 13.2 Å². The van der Waals surface area contributed by atoms with Gasteiger partial charge in [0.25, 0.3) is 0 Å². The summed E-state index contributed by atoms with van der Waals surface area (Å²) in [5.41, 5.74) is 1.03. The van der Waals surface area contributed by atoms with Crippen molar-refractivity contribution in [3.63, 3.8) is 0 Å². The Morgan fingerprint density at radius 2 is 1.76 bits per heavy atom. The summed E-state index contributed by atoms with van der Waals surface area (Å²) in [7, 11) is 0. The third-order valence-corrected chi connectivity index (χ3v) is 1.81. The predicted molar refractivity (Wildman–Crippen MR) is 58.1 cm³/mol. The molecule has 0 amide bonds. The molecule has 1 aromatic carbocycles. The van der Waals surface area contributed by atoms with Crippen molar-refractivity contribution >= 4 is 0 Å². The fourth-order valence-corrected chi connectivity index (χ4v) is 1.08. The molecule has 17 heavy (non-hydrogen) atoms. The first-order valence-electron chi connectivity index (χ1n) is 4.99. The van der Waals surface area contributed by atoms with Gasteiger partial charge in [-0.1, -0.05) is 17.7 Å². The maximum absolute atomic E-state index is 12.1. The van der Waals surface area contributed by atoms with Gasteiger partial charge in [-0.25, -0.2) is 0 Å². The van der Waals surface area contributed by atoms with Gasteiger partial charge >= 0.3 is 6.36 Å². The second-order valence-electron chi connectivity index (χ2n) is 3.59. The molecule has 0 unspecified atom stereocenters. The zero-order valence-corrected chi connectivity index (χ0v) is 9.54. The summed E-state index contributed by atoms with van der Waals surface area (Å²) in [4.78, 5) is 0. The van der Waals surface area contributed by atoms with Crippen LogP contribution in [0.1, 0.15) is 13.8 Å². The molecule has 1 aromatic rings. The van der Waals surface area contributed by atoms with Gasteiger partial charge in [-0.05, 0) is 32.1 Å². The van der Waals surface area contributed by atoms with Gasteiger partial charge in [-0.15, -0.1) is 13.2 Å². The zero-order valence-electron chi connectivity index (χ0n) is 9.54. The normalized spacial score (nSPS) is 10.9. The highest BCUT2D eigenvalue weighted by Crippen LogP contribution is 2.31. The first-order chi connectivity index (χ1) is 7.88. The lowest BCUT2D eigenvalue weighted by atomic mass is 10.3. The molecule has 1 rings (SSSR count). The van der Waals surface area contributed by atoms with E-state index in [1.54, 1.807) is 12.1 Å². The molecular weight excluding hydrogens is 233 g/mol. The van der Waals surface area contributed by atoms with Crippen molar-refractivity contribution < 1.29 is 22.6 Å². The number of allylic oxidation sites excluding steroid dienone is 1. The van der Waals surface area contributed by atoms with Gasteiger partial charge in [-0.2, -0.15) is 0 Å². The van der Waals surface area contributed by atoms with E-state index in [1.165, 1.54) is 18.2 Å². The van der Waals surface area contributed by atoms with Gasteiger partial charge in [0.2, 0.25) is 0 Å². The van der Waals surface area contributed by atoms with Crippen LogP contribution in [0.15, 0.2) is 35.9 Å². The molecule has 5 heteroatoms. The van der Waals surface area contributed by atoms with Gasteiger partial charge < -0.3 is 9.47 Å². The van der Waals surface area contributed by atoms with Crippen molar-refractivity contribution in [3.05, 3.63) is 35.9 Å². The van der Waals surface area contributed by atoms with Crippen LogP contribution < -0.4 is 9.47 Å². The fraction of sp³-hybridized carbons (Fsp3) is 0.333. The Morgan fingerprint density at radius 1 is 1.18 bits per heavy atom. The number of benzene rings is 1. The van der Waals surface area contributed by atoms with Gasteiger partial charge in [0.15, 0.2) is 11.5 Å². The summed E-state index contributed by atoms with van der Waals surface area (Å²) in [5, 5.41) is 0. The Labute approximate surface area is 97.7 Å². The number of hydrogen-bond donors (Lipinski definition) is 0. The first-order valence-corrected chi connectivity index (χ1v) is 4.99. The minimum Gasteiger partial charge on any atom is -0.486 e. The molecule has 0 aliphatic carbocycles. The number of ether oxygens (including phenoxy) is 2. The molecule has 0 aliphatic rings. The molecule has 94 valence electrons. The van der Waals surface area contributed by atoms with Gasteiger partial charge in [-0.3, -0.25) is 0 Å². The summed E-state index contributed by atoms with van der Waals surface area (Å²) >= 11 is 0. The van der Waals surface area contributed by atoms with E-state index in [0.717, 1.165) is 5.57 Å². The molecule has 0 fully saturated rings. The summed E-state index contributed by atoms with van der Waals surface area (Å²) in [5.74, 6) is -0.260. The number of halogens is 3. The van der Waals surface area contributed by atoms with Gasteiger partial charge in [0.05, 0.1) is 0 Å². The molecular formula is C12H13F3O2. The molecule has 0 radical (unpaired) electrons. The Morgan fingerprint density at radius 3 is 2.29 bits per heavy atom. The summed E-state index contributed by atoms with van der Waals surface area (Å²) in [6, 6.07) is 5.68. The highest BCUT2D eigenvalue weighted by Gasteiger charge is 2.32. The molecule has 0 heterocycles. The number of hydrogen-bond acceptors (Lipinski definition) is 2. The topological polar surface area (TPSA) is 18.5 Å². The lowest BCUT2D eigenvalue weighted by Gasteiger charge is -2.13. The summed E-state index contributed by atoms with van der Waals surface area (Å²) < 4.78 is 45.3. The lowest BCUT2D eigenvalue weighted by Crippen LogP contribution is -2.17. The van der Waals surface area contributed by atoms with Crippen LogP contribution in [-0.4, -0.2) is 13.0 Å². The third-order valence-electron chi connectivity index (χ3n) is 1.81. The van der Waals surface area contributed by atoms with Gasteiger partial charge in [0, 0.05) is 0 Å². The lowest BCUT2D eigenvalue weighted by molar-refractivity contribution is -0.275. The Balaban J connectivity index is 2.74. The van der Waals surface area contributed by atoms with E-state index in [0.29, 0.717) is 0 Å². The standard InChI is InChI=1S/C12H13F3O2/c1-9(2)7-8-16-10-5-3-4-6-11(10)17-12(13,14)15/h3-7H,8H2,1-2H3. The number of alkyl halides is 3. The average Bonchev–Trinajstić information content (AvgIpc) is 2.17. The molecule has 0 bridgehead atoms. The van der Waals surface area contributed by atoms with Crippen molar-refractivity contribution in [1.29, 1.82) is 0 Å². The highest BCUT2D eigenvalue weighted by molar-refractivity contribution is 5.39. The van der Waals surface area contributed by atoms with Gasteiger partial charge in [0.1, 0.15) is 6.61 Å². The summed E-state index contributed by atoms with van der Waals surface area (Å²) in [6.07, 6.45) is -2.94. The van der Waals surface area contributed by atoms with E-state index in [-0.39, 0.29) is 18.1 Å². The maximum atomic E-state index is 12.1. The fourth-order valence-electron chi connectivity index (χ4n) is 1.08. The number of para-hydroxylation sites is 2. The predicted octanol–water partition coefficient (Wildman–Crippen LogP) is 3.93. The monoisotopic (exact) mass is 246 g/mol. The smallest absolute Gasteiger partial charge is 0.486 e. The van der Waals surface area contributed by atoms with Crippen molar-refractivity contribution in [2.75, 3.05) is 6.61 Å². The van der Waals surface area contributed by atoms with Crippen LogP contribution in [0, 0.1) is 0 Å². The third kappa shape index (κ3) is 5.29. The number of rotatable bonds is 4. The SMILES string of the molecule is CC(C)=CCOc1ccccc1OC(F)(F)F. The first kappa shape index (κ1) is 13.4. The molecule has 0 aromatic heterocycles. The van der Waals surface area contributed by atoms with E-state index in [1.807, 2.05) is 13.8 Å². The Kier molecular flexibility index (Phi) is 4.43. The summed E-state index contributed by atoms with van der Waals surface area (Å²) in [6.45, 7) is 3.96. The zero-order chi connectivity index (χ0) is 12.9.